The lowest BCUT2D eigenvalue weighted by Crippen LogP contribution is -1.97. The number of rotatable bonds is 4. The zero-order chi connectivity index (χ0) is 10.6. The summed E-state index contributed by atoms with van der Waals surface area (Å²) in [6, 6.07) is 5.85. The van der Waals surface area contributed by atoms with Crippen LogP contribution in [0.25, 0.3) is 0 Å². The molecule has 3 heteroatoms. The van der Waals surface area contributed by atoms with Crippen molar-refractivity contribution >= 4 is 21.7 Å². The number of carbonyl (C=O) groups is 1. The largest absolute Gasteiger partial charge is 0.495 e. The zero-order valence-corrected chi connectivity index (χ0v) is 9.93. The van der Waals surface area contributed by atoms with Gasteiger partial charge in [-0.05, 0) is 40.9 Å². The smallest absolute Gasteiger partial charge is 0.136 e. The summed E-state index contributed by atoms with van der Waals surface area (Å²) < 4.78 is 6.18. The van der Waals surface area contributed by atoms with Crippen molar-refractivity contribution in [3.8, 4) is 5.75 Å². The van der Waals surface area contributed by atoms with Crippen molar-refractivity contribution in [2.75, 3.05) is 7.11 Å². The number of hydrogen-bond donors (Lipinski definition) is 0. The van der Waals surface area contributed by atoms with Gasteiger partial charge >= 0.3 is 0 Å². The van der Waals surface area contributed by atoms with Crippen LogP contribution in [-0.4, -0.2) is 12.9 Å². The molecule has 0 atom stereocenters. The molecular weight excluding hydrogens is 244 g/mol. The molecule has 0 radical (unpaired) electrons. The fraction of sp³-hybridized carbons (Fsp3) is 0.364. The Kier molecular flexibility index (Phi) is 4.14. The highest BCUT2D eigenvalue weighted by atomic mass is 79.9. The highest BCUT2D eigenvalue weighted by Gasteiger charge is 2.07. The third kappa shape index (κ3) is 2.84. The van der Waals surface area contributed by atoms with E-state index in [1.165, 1.54) is 0 Å². The van der Waals surface area contributed by atoms with Crippen LogP contribution in [-0.2, 0) is 11.2 Å². The molecule has 0 saturated heterocycles. The molecule has 0 aromatic heterocycles. The Labute approximate surface area is 92.4 Å². The monoisotopic (exact) mass is 256 g/mol. The van der Waals surface area contributed by atoms with Crippen LogP contribution in [0, 0.1) is 0 Å². The predicted molar refractivity (Wildman–Crippen MR) is 59.7 cm³/mol. The lowest BCUT2D eigenvalue weighted by molar-refractivity contribution is -0.116. The van der Waals surface area contributed by atoms with Gasteiger partial charge in [-0.15, -0.1) is 0 Å². The number of ketones is 1. The molecule has 0 bridgehead atoms. The normalized spacial score (nSPS) is 9.93. The molecule has 0 N–H and O–H groups in total. The Morgan fingerprint density at radius 1 is 1.50 bits per heavy atom. The molecular formula is C11H13BrO2. The van der Waals surface area contributed by atoms with Crippen LogP contribution in [0.5, 0.6) is 5.75 Å². The van der Waals surface area contributed by atoms with E-state index in [4.69, 9.17) is 4.74 Å². The fourth-order valence-corrected chi connectivity index (χ4v) is 1.86. The molecule has 1 aromatic rings. The summed E-state index contributed by atoms with van der Waals surface area (Å²) in [5.41, 5.74) is 1.07. The van der Waals surface area contributed by atoms with E-state index in [-0.39, 0.29) is 5.78 Å². The van der Waals surface area contributed by atoms with Gasteiger partial charge in [-0.1, -0.05) is 12.1 Å². The minimum Gasteiger partial charge on any atom is -0.495 e. The van der Waals surface area contributed by atoms with Crippen LogP contribution < -0.4 is 4.74 Å². The molecule has 0 fully saturated rings. The van der Waals surface area contributed by atoms with Gasteiger partial charge in [0.1, 0.15) is 11.5 Å². The fourth-order valence-electron chi connectivity index (χ4n) is 1.29. The van der Waals surface area contributed by atoms with Crippen molar-refractivity contribution < 1.29 is 9.53 Å². The molecule has 0 aliphatic carbocycles. The van der Waals surface area contributed by atoms with Crippen LogP contribution in [0.15, 0.2) is 22.7 Å². The van der Waals surface area contributed by atoms with Crippen molar-refractivity contribution in [3.63, 3.8) is 0 Å². The van der Waals surface area contributed by atoms with Gasteiger partial charge in [-0.2, -0.15) is 0 Å². The minimum atomic E-state index is 0.201. The van der Waals surface area contributed by atoms with E-state index >= 15 is 0 Å². The predicted octanol–water partition coefficient (Wildman–Crippen LogP) is 2.98. The summed E-state index contributed by atoms with van der Waals surface area (Å²) in [5, 5.41) is 0. The van der Waals surface area contributed by atoms with Gasteiger partial charge in [-0.3, -0.25) is 0 Å². The van der Waals surface area contributed by atoms with Crippen molar-refractivity contribution in [3.05, 3.63) is 28.2 Å². The number of para-hydroxylation sites is 1. The molecule has 0 unspecified atom stereocenters. The summed E-state index contributed by atoms with van der Waals surface area (Å²) in [5.74, 6) is 1.03. The summed E-state index contributed by atoms with van der Waals surface area (Å²) in [7, 11) is 1.64. The van der Waals surface area contributed by atoms with Gasteiger partial charge < -0.3 is 9.53 Å². The molecule has 0 amide bonds. The van der Waals surface area contributed by atoms with E-state index in [1.807, 2.05) is 18.2 Å². The highest BCUT2D eigenvalue weighted by molar-refractivity contribution is 9.10. The summed E-state index contributed by atoms with van der Waals surface area (Å²) in [6.07, 6.45) is 1.30. The second-order valence-corrected chi connectivity index (χ2v) is 3.99. The molecule has 0 saturated carbocycles. The van der Waals surface area contributed by atoms with Gasteiger partial charge in [-0.25, -0.2) is 0 Å². The number of hydrogen-bond acceptors (Lipinski definition) is 2. The number of benzene rings is 1. The van der Waals surface area contributed by atoms with Crippen molar-refractivity contribution in [2.24, 2.45) is 0 Å². The molecule has 2 nitrogen and oxygen atoms in total. The second kappa shape index (κ2) is 5.15. The average Bonchev–Trinajstić information content (AvgIpc) is 2.14. The van der Waals surface area contributed by atoms with Gasteiger partial charge in [0, 0.05) is 6.42 Å². The average molecular weight is 257 g/mol. The van der Waals surface area contributed by atoms with Crippen LogP contribution >= 0.6 is 15.9 Å². The maximum atomic E-state index is 10.8. The third-order valence-electron chi connectivity index (χ3n) is 2.00. The summed E-state index contributed by atoms with van der Waals surface area (Å²) >= 11 is 3.40. The number of ether oxygens (including phenoxy) is 1. The molecule has 14 heavy (non-hydrogen) atoms. The van der Waals surface area contributed by atoms with E-state index in [0.29, 0.717) is 6.42 Å². The first-order chi connectivity index (χ1) is 6.65. The maximum absolute atomic E-state index is 10.8. The third-order valence-corrected chi connectivity index (χ3v) is 2.62. The Bertz CT molecular complexity index is 334. The lowest BCUT2D eigenvalue weighted by atomic mass is 10.1. The Balaban J connectivity index is 2.85. The van der Waals surface area contributed by atoms with Gasteiger partial charge in [0.2, 0.25) is 0 Å². The Hall–Kier alpha value is -0.830. The SMILES string of the molecule is COc1c(Br)cccc1CCC(C)=O. The zero-order valence-electron chi connectivity index (χ0n) is 8.34. The quantitative estimate of drug-likeness (QED) is 0.828. The van der Waals surface area contributed by atoms with Gasteiger partial charge in [0.25, 0.3) is 0 Å². The molecule has 1 rings (SSSR count). The molecule has 0 spiro atoms. The summed E-state index contributed by atoms with van der Waals surface area (Å²) in [6.45, 7) is 1.60. The van der Waals surface area contributed by atoms with E-state index < -0.39 is 0 Å². The molecule has 0 heterocycles. The second-order valence-electron chi connectivity index (χ2n) is 3.13. The first-order valence-corrected chi connectivity index (χ1v) is 5.25. The molecule has 0 aliphatic heterocycles. The topological polar surface area (TPSA) is 26.3 Å². The highest BCUT2D eigenvalue weighted by Crippen LogP contribution is 2.29. The number of methoxy groups -OCH3 is 1. The number of Topliss-reactive ketones (excluding diaryl/α,β-unsaturated/α-hetero) is 1. The number of carbonyl (C=O) groups excluding carboxylic acids is 1. The van der Waals surface area contributed by atoms with E-state index in [1.54, 1.807) is 14.0 Å². The lowest BCUT2D eigenvalue weighted by Gasteiger charge is -2.09. The van der Waals surface area contributed by atoms with E-state index in [0.717, 1.165) is 22.2 Å². The number of aryl methyl sites for hydroxylation is 1. The summed E-state index contributed by atoms with van der Waals surface area (Å²) in [4.78, 5) is 10.8. The molecule has 0 aliphatic rings. The van der Waals surface area contributed by atoms with Crippen LogP contribution in [0.2, 0.25) is 0 Å². The van der Waals surface area contributed by atoms with E-state index in [2.05, 4.69) is 15.9 Å². The standard InChI is InChI=1S/C11H13BrO2/c1-8(13)6-7-9-4-3-5-10(12)11(9)14-2/h3-5H,6-7H2,1-2H3. The minimum absolute atomic E-state index is 0.201. The van der Waals surface area contributed by atoms with Crippen molar-refractivity contribution in [1.82, 2.24) is 0 Å². The van der Waals surface area contributed by atoms with Crippen molar-refractivity contribution in [1.29, 1.82) is 0 Å². The number of halogens is 1. The van der Waals surface area contributed by atoms with Crippen molar-refractivity contribution in [2.45, 2.75) is 19.8 Å². The maximum Gasteiger partial charge on any atom is 0.136 e. The van der Waals surface area contributed by atoms with Crippen LogP contribution in [0.4, 0.5) is 0 Å². The van der Waals surface area contributed by atoms with Gasteiger partial charge in [0.05, 0.1) is 11.6 Å². The Morgan fingerprint density at radius 2 is 2.21 bits per heavy atom. The van der Waals surface area contributed by atoms with Crippen LogP contribution in [0.3, 0.4) is 0 Å². The van der Waals surface area contributed by atoms with Gasteiger partial charge in [0.15, 0.2) is 0 Å². The van der Waals surface area contributed by atoms with Crippen LogP contribution in [0.1, 0.15) is 18.9 Å². The Morgan fingerprint density at radius 3 is 2.79 bits per heavy atom. The molecule has 1 aromatic carbocycles. The van der Waals surface area contributed by atoms with E-state index in [9.17, 15) is 4.79 Å². The first-order valence-electron chi connectivity index (χ1n) is 4.46. The first kappa shape index (κ1) is 11.2. The molecule has 76 valence electrons.